The average Bonchev–Trinajstić information content (AvgIpc) is 2.41. The zero-order valence-corrected chi connectivity index (χ0v) is 14.0. The number of rotatable bonds is 5. The molecular weight excluding hydrogens is 248 g/mol. The van der Waals surface area contributed by atoms with Gasteiger partial charge in [-0.05, 0) is 59.9 Å². The van der Waals surface area contributed by atoms with Crippen LogP contribution in [0.1, 0.15) is 66.2 Å². The van der Waals surface area contributed by atoms with E-state index in [-0.39, 0.29) is 5.54 Å². The van der Waals surface area contributed by atoms with Crippen LogP contribution in [0, 0.1) is 0 Å². The Labute approximate surface area is 125 Å². The van der Waals surface area contributed by atoms with Crippen molar-refractivity contribution in [3.05, 3.63) is 0 Å². The van der Waals surface area contributed by atoms with Crippen LogP contribution >= 0.6 is 0 Å². The van der Waals surface area contributed by atoms with Crippen LogP contribution in [0.25, 0.3) is 0 Å². The molecule has 0 radical (unpaired) electrons. The third-order valence-corrected chi connectivity index (χ3v) is 4.80. The van der Waals surface area contributed by atoms with Gasteiger partial charge in [0.2, 0.25) is 0 Å². The lowest BCUT2D eigenvalue weighted by molar-refractivity contribution is -0.101. The Hall–Kier alpha value is -0.120. The normalized spacial score (nSPS) is 30.0. The Morgan fingerprint density at radius 3 is 2.75 bits per heavy atom. The summed E-state index contributed by atoms with van der Waals surface area (Å²) in [5.74, 6) is 0. The first-order valence-electron chi connectivity index (χ1n) is 8.60. The predicted octanol–water partition coefficient (Wildman–Crippen LogP) is 3.19. The van der Waals surface area contributed by atoms with Crippen molar-refractivity contribution in [2.75, 3.05) is 19.7 Å². The molecular formula is C17H34N2O. The second kappa shape index (κ2) is 7.24. The van der Waals surface area contributed by atoms with Crippen molar-refractivity contribution in [3.63, 3.8) is 0 Å². The maximum absolute atomic E-state index is 5.98. The summed E-state index contributed by atoms with van der Waals surface area (Å²) in [6.45, 7) is 12.3. The molecule has 1 heterocycles. The Balaban J connectivity index is 1.74. The molecule has 2 fully saturated rings. The van der Waals surface area contributed by atoms with Crippen molar-refractivity contribution < 1.29 is 4.74 Å². The van der Waals surface area contributed by atoms with E-state index in [9.17, 15) is 0 Å². The Bertz CT molecular complexity index is 285. The number of morpholine rings is 1. The van der Waals surface area contributed by atoms with Gasteiger partial charge in [-0.1, -0.05) is 12.8 Å². The van der Waals surface area contributed by atoms with Crippen LogP contribution in [0.4, 0.5) is 0 Å². The summed E-state index contributed by atoms with van der Waals surface area (Å²) >= 11 is 0. The largest absolute Gasteiger partial charge is 0.375 e. The molecule has 1 aliphatic heterocycles. The van der Waals surface area contributed by atoms with Crippen molar-refractivity contribution in [2.24, 2.45) is 0 Å². The lowest BCUT2D eigenvalue weighted by Gasteiger charge is -2.46. The fraction of sp³-hybridized carbons (Fsp3) is 1.00. The summed E-state index contributed by atoms with van der Waals surface area (Å²) in [6, 6.07) is 1.40. The highest BCUT2D eigenvalue weighted by atomic mass is 16.5. The minimum absolute atomic E-state index is 0.247. The highest BCUT2D eigenvalue weighted by molar-refractivity contribution is 4.89. The third-order valence-electron chi connectivity index (χ3n) is 4.80. The predicted molar refractivity (Wildman–Crippen MR) is 85.2 cm³/mol. The maximum atomic E-state index is 5.98. The van der Waals surface area contributed by atoms with Crippen molar-refractivity contribution in [3.8, 4) is 0 Å². The SMILES string of the molecule is CC(CCCNC(C)(C)C)N1CCOC2CCCCC21. The molecule has 1 N–H and O–H groups in total. The van der Waals surface area contributed by atoms with Crippen LogP contribution in [0.2, 0.25) is 0 Å². The van der Waals surface area contributed by atoms with E-state index < -0.39 is 0 Å². The van der Waals surface area contributed by atoms with E-state index in [4.69, 9.17) is 4.74 Å². The summed E-state index contributed by atoms with van der Waals surface area (Å²) < 4.78 is 5.98. The number of nitrogens with zero attached hydrogens (tertiary/aromatic N) is 1. The first kappa shape index (κ1) is 16.3. The third kappa shape index (κ3) is 4.71. The molecule has 3 heteroatoms. The molecule has 1 saturated heterocycles. The summed E-state index contributed by atoms with van der Waals surface area (Å²) in [5, 5.41) is 3.59. The number of fused-ring (bicyclic) bond motifs is 1. The molecule has 2 rings (SSSR count). The van der Waals surface area contributed by atoms with Crippen LogP contribution in [0.3, 0.4) is 0 Å². The summed E-state index contributed by atoms with van der Waals surface area (Å²) in [4.78, 5) is 2.74. The van der Waals surface area contributed by atoms with E-state index in [2.05, 4.69) is 37.9 Å². The van der Waals surface area contributed by atoms with Crippen molar-refractivity contribution >= 4 is 0 Å². The lowest BCUT2D eigenvalue weighted by Crippen LogP contribution is -2.55. The molecule has 3 nitrogen and oxygen atoms in total. The Morgan fingerprint density at radius 2 is 2.00 bits per heavy atom. The monoisotopic (exact) mass is 282 g/mol. The van der Waals surface area contributed by atoms with Crippen LogP contribution in [-0.2, 0) is 4.74 Å². The van der Waals surface area contributed by atoms with Crippen molar-refractivity contribution in [1.82, 2.24) is 10.2 Å². The second-order valence-corrected chi connectivity index (χ2v) is 7.67. The minimum Gasteiger partial charge on any atom is -0.375 e. The smallest absolute Gasteiger partial charge is 0.0731 e. The van der Waals surface area contributed by atoms with E-state index in [1.54, 1.807) is 0 Å². The molecule has 0 aromatic heterocycles. The van der Waals surface area contributed by atoms with Crippen LogP contribution in [-0.4, -0.2) is 48.3 Å². The molecule has 0 aromatic rings. The van der Waals surface area contributed by atoms with E-state index in [1.807, 2.05) is 0 Å². The van der Waals surface area contributed by atoms with Gasteiger partial charge in [0.25, 0.3) is 0 Å². The minimum atomic E-state index is 0.247. The molecule has 1 aliphatic carbocycles. The van der Waals surface area contributed by atoms with Crippen LogP contribution in [0.5, 0.6) is 0 Å². The average molecular weight is 282 g/mol. The van der Waals surface area contributed by atoms with Gasteiger partial charge in [0.15, 0.2) is 0 Å². The molecule has 0 amide bonds. The molecule has 3 atom stereocenters. The van der Waals surface area contributed by atoms with E-state index in [1.165, 1.54) is 38.5 Å². The van der Waals surface area contributed by atoms with E-state index in [0.29, 0.717) is 18.2 Å². The number of hydrogen-bond acceptors (Lipinski definition) is 3. The second-order valence-electron chi connectivity index (χ2n) is 7.67. The van der Waals surface area contributed by atoms with Gasteiger partial charge in [0.05, 0.1) is 12.7 Å². The molecule has 118 valence electrons. The topological polar surface area (TPSA) is 24.5 Å². The lowest BCUT2D eigenvalue weighted by atomic mass is 9.89. The fourth-order valence-electron chi connectivity index (χ4n) is 3.70. The highest BCUT2D eigenvalue weighted by Gasteiger charge is 2.35. The highest BCUT2D eigenvalue weighted by Crippen LogP contribution is 2.30. The van der Waals surface area contributed by atoms with Gasteiger partial charge in [0, 0.05) is 24.2 Å². The van der Waals surface area contributed by atoms with Gasteiger partial charge < -0.3 is 10.1 Å². The van der Waals surface area contributed by atoms with Crippen LogP contribution < -0.4 is 5.32 Å². The molecule has 2 aliphatic rings. The van der Waals surface area contributed by atoms with Gasteiger partial charge in [-0.25, -0.2) is 0 Å². The Morgan fingerprint density at radius 1 is 1.25 bits per heavy atom. The molecule has 0 aromatic carbocycles. The zero-order chi connectivity index (χ0) is 14.6. The first-order valence-corrected chi connectivity index (χ1v) is 8.60. The molecule has 0 spiro atoms. The van der Waals surface area contributed by atoms with Crippen LogP contribution in [0.15, 0.2) is 0 Å². The summed E-state index contributed by atoms with van der Waals surface area (Å²) in [7, 11) is 0. The maximum Gasteiger partial charge on any atom is 0.0731 e. The zero-order valence-electron chi connectivity index (χ0n) is 14.0. The molecule has 3 unspecified atom stereocenters. The number of hydrogen-bond donors (Lipinski definition) is 1. The molecule has 20 heavy (non-hydrogen) atoms. The van der Waals surface area contributed by atoms with Gasteiger partial charge >= 0.3 is 0 Å². The fourth-order valence-corrected chi connectivity index (χ4v) is 3.70. The first-order chi connectivity index (χ1) is 9.47. The summed E-state index contributed by atoms with van der Waals surface area (Å²) in [5.41, 5.74) is 0.247. The quantitative estimate of drug-likeness (QED) is 0.784. The van der Waals surface area contributed by atoms with Crippen molar-refractivity contribution in [1.29, 1.82) is 0 Å². The molecule has 1 saturated carbocycles. The number of nitrogens with one attached hydrogen (secondary N) is 1. The summed E-state index contributed by atoms with van der Waals surface area (Å²) in [6.07, 6.45) is 8.46. The Kier molecular flexibility index (Phi) is 5.88. The van der Waals surface area contributed by atoms with Gasteiger partial charge in [-0.2, -0.15) is 0 Å². The van der Waals surface area contributed by atoms with E-state index >= 15 is 0 Å². The van der Waals surface area contributed by atoms with Gasteiger partial charge in [-0.15, -0.1) is 0 Å². The van der Waals surface area contributed by atoms with E-state index in [0.717, 1.165) is 19.7 Å². The van der Waals surface area contributed by atoms with Gasteiger partial charge in [0.1, 0.15) is 0 Å². The molecule has 0 bridgehead atoms. The standard InChI is InChI=1S/C17H34N2O/c1-14(8-7-11-18-17(2,3)4)19-12-13-20-16-10-6-5-9-15(16)19/h14-16,18H,5-13H2,1-4H3. The number of ether oxygens (including phenoxy) is 1. The van der Waals surface area contributed by atoms with Gasteiger partial charge in [-0.3, -0.25) is 4.90 Å². The van der Waals surface area contributed by atoms with Crippen molar-refractivity contribution in [2.45, 2.75) is 89.9 Å².